The average molecular weight is 686 g/mol. The standard InChI is InChI=1S/C50H39NS/c1-3-11-36(12-4-1)50(37-13-5-2-6-14-37)46-17-9-7-15-41(46)44-31-39(25-27-47(44)50)51(38-23-21-34(22-24-38)43-30-33-19-20-35(43)29-33)40-26-28-49-45(32-40)42-16-8-10-18-48(42)52-49/h1-18,21-28,31-33,35,43H,19-20,29-30H2. The van der Waals surface area contributed by atoms with Crippen LogP contribution in [0.2, 0.25) is 0 Å². The maximum atomic E-state index is 2.49. The predicted octanol–water partition coefficient (Wildman–Crippen LogP) is 13.8. The van der Waals surface area contributed by atoms with E-state index in [-0.39, 0.29) is 0 Å². The highest BCUT2D eigenvalue weighted by Gasteiger charge is 2.46. The van der Waals surface area contributed by atoms with E-state index in [1.165, 1.54) is 102 Å². The Morgan fingerprint density at radius 2 is 1.12 bits per heavy atom. The van der Waals surface area contributed by atoms with Gasteiger partial charge in [-0.05, 0) is 124 Å². The molecule has 0 amide bonds. The summed E-state index contributed by atoms with van der Waals surface area (Å²) in [5, 5.41) is 2.65. The van der Waals surface area contributed by atoms with Gasteiger partial charge < -0.3 is 4.90 Å². The topological polar surface area (TPSA) is 3.24 Å². The highest BCUT2D eigenvalue weighted by Crippen LogP contribution is 2.57. The lowest BCUT2D eigenvalue weighted by atomic mass is 9.68. The van der Waals surface area contributed by atoms with Crippen molar-refractivity contribution in [1.29, 1.82) is 0 Å². The second-order valence-electron chi connectivity index (χ2n) is 15.2. The lowest BCUT2D eigenvalue weighted by molar-refractivity contribution is 0.420. The van der Waals surface area contributed by atoms with Gasteiger partial charge in [0.1, 0.15) is 0 Å². The number of hydrogen-bond acceptors (Lipinski definition) is 2. The van der Waals surface area contributed by atoms with Crippen LogP contribution in [0.4, 0.5) is 17.1 Å². The molecular weight excluding hydrogens is 647 g/mol. The predicted molar refractivity (Wildman–Crippen MR) is 220 cm³/mol. The van der Waals surface area contributed by atoms with E-state index in [0.717, 1.165) is 17.8 Å². The molecule has 52 heavy (non-hydrogen) atoms. The Bertz CT molecular complexity index is 2560. The van der Waals surface area contributed by atoms with Crippen LogP contribution < -0.4 is 4.90 Å². The molecule has 2 saturated carbocycles. The summed E-state index contributed by atoms with van der Waals surface area (Å²) in [7, 11) is 0. The van der Waals surface area contributed by atoms with E-state index in [1.807, 2.05) is 11.3 Å². The number of hydrogen-bond donors (Lipinski definition) is 0. The molecule has 2 fully saturated rings. The summed E-state index contributed by atoms with van der Waals surface area (Å²) in [6.45, 7) is 0. The van der Waals surface area contributed by atoms with Crippen LogP contribution in [0.1, 0.15) is 59.4 Å². The van der Waals surface area contributed by atoms with Crippen LogP contribution in [0, 0.1) is 11.8 Å². The van der Waals surface area contributed by atoms with Gasteiger partial charge in [0.2, 0.25) is 0 Å². The van der Waals surface area contributed by atoms with Crippen molar-refractivity contribution >= 4 is 48.6 Å². The van der Waals surface area contributed by atoms with Crippen molar-refractivity contribution < 1.29 is 0 Å². The van der Waals surface area contributed by atoms with Crippen LogP contribution in [0.15, 0.2) is 170 Å². The molecule has 1 heterocycles. The smallest absolute Gasteiger partial charge is 0.0713 e. The van der Waals surface area contributed by atoms with Crippen molar-refractivity contribution in [2.75, 3.05) is 4.90 Å². The van der Waals surface area contributed by atoms with E-state index < -0.39 is 5.41 Å². The Morgan fingerprint density at radius 3 is 1.87 bits per heavy atom. The number of rotatable bonds is 6. The zero-order chi connectivity index (χ0) is 34.2. The van der Waals surface area contributed by atoms with Gasteiger partial charge >= 0.3 is 0 Å². The second-order valence-corrected chi connectivity index (χ2v) is 16.3. The fourth-order valence-corrected chi connectivity index (χ4v) is 11.5. The second kappa shape index (κ2) is 11.8. The maximum Gasteiger partial charge on any atom is 0.0713 e. The first-order valence-corrected chi connectivity index (χ1v) is 19.7. The highest BCUT2D eigenvalue weighted by atomic mass is 32.1. The van der Waals surface area contributed by atoms with Crippen LogP contribution in [0.3, 0.4) is 0 Å². The summed E-state index contributed by atoms with van der Waals surface area (Å²) in [5.74, 6) is 2.52. The van der Waals surface area contributed by atoms with E-state index in [2.05, 4.69) is 175 Å². The van der Waals surface area contributed by atoms with Crippen LogP contribution in [0.5, 0.6) is 0 Å². The van der Waals surface area contributed by atoms with E-state index in [4.69, 9.17) is 0 Å². The molecule has 3 aliphatic rings. The molecular formula is C50H39NS. The minimum Gasteiger partial charge on any atom is -0.310 e. The highest BCUT2D eigenvalue weighted by molar-refractivity contribution is 7.25. The molecule has 250 valence electrons. The van der Waals surface area contributed by atoms with Crippen molar-refractivity contribution in [3.05, 3.63) is 198 Å². The summed E-state index contributed by atoms with van der Waals surface area (Å²) >= 11 is 1.88. The largest absolute Gasteiger partial charge is 0.310 e. The first-order valence-electron chi connectivity index (χ1n) is 18.9. The fourth-order valence-electron chi connectivity index (χ4n) is 10.4. The van der Waals surface area contributed by atoms with Gasteiger partial charge in [0.15, 0.2) is 0 Å². The minimum absolute atomic E-state index is 0.408. The molecule has 1 nitrogen and oxygen atoms in total. The van der Waals surface area contributed by atoms with E-state index in [1.54, 1.807) is 0 Å². The third-order valence-electron chi connectivity index (χ3n) is 12.6. The Labute approximate surface area is 309 Å². The van der Waals surface area contributed by atoms with Gasteiger partial charge in [-0.1, -0.05) is 128 Å². The number of anilines is 3. The Kier molecular flexibility index (Phi) is 6.86. The van der Waals surface area contributed by atoms with E-state index in [0.29, 0.717) is 0 Å². The summed E-state index contributed by atoms with van der Waals surface area (Å²) < 4.78 is 2.67. The minimum atomic E-state index is -0.408. The third kappa shape index (κ3) is 4.47. The van der Waals surface area contributed by atoms with Gasteiger partial charge in [-0.3, -0.25) is 0 Å². The van der Waals surface area contributed by atoms with Gasteiger partial charge in [-0.2, -0.15) is 0 Å². The molecule has 0 spiro atoms. The van der Waals surface area contributed by atoms with E-state index >= 15 is 0 Å². The van der Waals surface area contributed by atoms with Gasteiger partial charge in [0.05, 0.1) is 5.41 Å². The van der Waals surface area contributed by atoms with Gasteiger partial charge in [0, 0.05) is 37.2 Å². The lowest BCUT2D eigenvalue weighted by Gasteiger charge is -2.34. The van der Waals surface area contributed by atoms with Crippen LogP contribution in [0.25, 0.3) is 31.3 Å². The van der Waals surface area contributed by atoms with Crippen molar-refractivity contribution in [2.24, 2.45) is 11.8 Å². The first-order chi connectivity index (χ1) is 25.8. The molecule has 3 unspecified atom stereocenters. The molecule has 3 atom stereocenters. The first kappa shape index (κ1) is 30.2. The molecule has 7 aromatic carbocycles. The molecule has 0 saturated heterocycles. The Morgan fingerprint density at radius 1 is 0.481 bits per heavy atom. The van der Waals surface area contributed by atoms with Gasteiger partial charge in [-0.25, -0.2) is 0 Å². The lowest BCUT2D eigenvalue weighted by Crippen LogP contribution is -2.28. The molecule has 11 rings (SSSR count). The molecule has 0 N–H and O–H groups in total. The number of thiophene rings is 1. The maximum absolute atomic E-state index is 2.49. The van der Waals surface area contributed by atoms with Crippen LogP contribution in [-0.2, 0) is 5.41 Å². The Balaban J connectivity index is 1.11. The number of fused-ring (bicyclic) bond motifs is 8. The molecule has 1 aromatic heterocycles. The van der Waals surface area contributed by atoms with Crippen molar-refractivity contribution in [2.45, 2.75) is 37.0 Å². The average Bonchev–Trinajstić information content (AvgIpc) is 4.00. The van der Waals surface area contributed by atoms with Crippen LogP contribution >= 0.6 is 11.3 Å². The van der Waals surface area contributed by atoms with E-state index in [9.17, 15) is 0 Å². The normalized spacial score (nSPS) is 19.6. The quantitative estimate of drug-likeness (QED) is 0.168. The van der Waals surface area contributed by atoms with Crippen molar-refractivity contribution in [3.8, 4) is 11.1 Å². The summed E-state index contributed by atoms with van der Waals surface area (Å²) in [4.78, 5) is 2.49. The van der Waals surface area contributed by atoms with Crippen LogP contribution in [-0.4, -0.2) is 0 Å². The zero-order valence-corrected chi connectivity index (χ0v) is 29.9. The molecule has 0 radical (unpaired) electrons. The summed E-state index contributed by atoms with van der Waals surface area (Å²) in [5.41, 5.74) is 12.5. The van der Waals surface area contributed by atoms with Gasteiger partial charge in [-0.15, -0.1) is 11.3 Å². The molecule has 3 aliphatic carbocycles. The van der Waals surface area contributed by atoms with Crippen molar-refractivity contribution in [1.82, 2.24) is 0 Å². The SMILES string of the molecule is c1ccc(C2(c3ccccc3)c3ccccc3-c3cc(N(c4ccc(C5CC6CCC5C6)cc4)c4ccc5sc6ccccc6c5c4)ccc32)cc1. The third-order valence-corrected chi connectivity index (χ3v) is 13.8. The molecule has 2 heteroatoms. The zero-order valence-electron chi connectivity index (χ0n) is 29.1. The molecule has 8 aromatic rings. The summed E-state index contributed by atoms with van der Waals surface area (Å²) in [6.07, 6.45) is 5.63. The number of benzene rings is 7. The molecule has 0 aliphatic heterocycles. The number of nitrogens with zero attached hydrogens (tertiary/aromatic N) is 1. The van der Waals surface area contributed by atoms with Gasteiger partial charge in [0.25, 0.3) is 0 Å². The molecule has 2 bridgehead atoms. The van der Waals surface area contributed by atoms with Crippen molar-refractivity contribution in [3.63, 3.8) is 0 Å². The summed E-state index contributed by atoms with van der Waals surface area (Å²) in [6, 6.07) is 64.0. The Hall–Kier alpha value is -5.44. The fraction of sp³-hybridized carbons (Fsp3) is 0.160. The monoisotopic (exact) mass is 685 g/mol.